The van der Waals surface area contributed by atoms with Gasteiger partial charge in [-0.2, -0.15) is 0 Å². The third-order valence-electron chi connectivity index (χ3n) is 3.31. The fraction of sp³-hybridized carbons (Fsp3) is 0.500. The number of hydrogen-bond acceptors (Lipinski definition) is 2. The van der Waals surface area contributed by atoms with Crippen molar-refractivity contribution in [2.45, 2.75) is 32.1 Å². The van der Waals surface area contributed by atoms with Gasteiger partial charge in [-0.15, -0.1) is 0 Å². The molecule has 3 nitrogen and oxygen atoms in total. The van der Waals surface area contributed by atoms with E-state index in [0.29, 0.717) is 0 Å². The first-order valence-corrected chi connectivity index (χ1v) is 6.61. The monoisotopic (exact) mass is 279 g/mol. The molecule has 0 spiro atoms. The summed E-state index contributed by atoms with van der Waals surface area (Å²) >= 11 is 3.42. The van der Waals surface area contributed by atoms with Crippen molar-refractivity contribution in [3.05, 3.63) is 22.6 Å². The first-order chi connectivity index (χ1) is 7.81. The van der Waals surface area contributed by atoms with Crippen LogP contribution >= 0.6 is 15.9 Å². The van der Waals surface area contributed by atoms with Gasteiger partial charge in [0.15, 0.2) is 5.65 Å². The van der Waals surface area contributed by atoms with Crippen LogP contribution in [0.4, 0.5) is 0 Å². The molecule has 4 heteroatoms. The van der Waals surface area contributed by atoms with E-state index in [2.05, 4.69) is 30.9 Å². The minimum Gasteiger partial charge on any atom is -0.341 e. The highest BCUT2D eigenvalue weighted by Crippen LogP contribution is 2.27. The molecular formula is C12H14BrN3. The third kappa shape index (κ3) is 1.98. The summed E-state index contributed by atoms with van der Waals surface area (Å²) in [5.41, 5.74) is 1.86. The van der Waals surface area contributed by atoms with E-state index in [4.69, 9.17) is 0 Å². The molecule has 84 valence electrons. The zero-order chi connectivity index (χ0) is 11.0. The molecule has 0 radical (unpaired) electrons. The van der Waals surface area contributed by atoms with Crippen LogP contribution < -0.4 is 0 Å². The van der Waals surface area contributed by atoms with Crippen LogP contribution in [-0.4, -0.2) is 15.0 Å². The standard InChI is InChI=1S/C12H14BrN3/c13-9-6-10-12(14-7-9)16-11(15-10)5-8-3-1-2-4-8/h6-8H,1-5H2,(H,14,15,16). The summed E-state index contributed by atoms with van der Waals surface area (Å²) in [6, 6.07) is 2.04. The number of nitrogens with one attached hydrogen (secondary N) is 1. The molecule has 1 aliphatic rings. The van der Waals surface area contributed by atoms with Crippen LogP contribution in [0.3, 0.4) is 0 Å². The molecule has 0 bridgehead atoms. The summed E-state index contributed by atoms with van der Waals surface area (Å²) in [4.78, 5) is 12.2. The van der Waals surface area contributed by atoms with Crippen LogP contribution in [0, 0.1) is 5.92 Å². The van der Waals surface area contributed by atoms with E-state index in [9.17, 15) is 0 Å². The molecule has 0 atom stereocenters. The van der Waals surface area contributed by atoms with Gasteiger partial charge in [0.05, 0.1) is 5.52 Å². The van der Waals surface area contributed by atoms with Gasteiger partial charge < -0.3 is 4.98 Å². The smallest absolute Gasteiger partial charge is 0.177 e. The summed E-state index contributed by atoms with van der Waals surface area (Å²) in [5, 5.41) is 0. The molecule has 2 heterocycles. The normalized spacial score (nSPS) is 17.3. The zero-order valence-corrected chi connectivity index (χ0v) is 10.6. The number of H-pyrrole nitrogens is 1. The lowest BCUT2D eigenvalue weighted by Gasteiger charge is -2.04. The van der Waals surface area contributed by atoms with Crippen LogP contribution in [0.1, 0.15) is 31.5 Å². The molecule has 2 aromatic heterocycles. The van der Waals surface area contributed by atoms with Crippen molar-refractivity contribution in [3.8, 4) is 0 Å². The molecule has 1 saturated carbocycles. The molecule has 0 unspecified atom stereocenters. The molecule has 2 aromatic rings. The van der Waals surface area contributed by atoms with E-state index in [-0.39, 0.29) is 0 Å². The Labute approximate surface area is 103 Å². The van der Waals surface area contributed by atoms with Gasteiger partial charge in [-0.3, -0.25) is 0 Å². The van der Waals surface area contributed by atoms with Crippen LogP contribution in [0.2, 0.25) is 0 Å². The minimum atomic E-state index is 0.823. The lowest BCUT2D eigenvalue weighted by molar-refractivity contribution is 0.534. The van der Waals surface area contributed by atoms with Gasteiger partial charge >= 0.3 is 0 Å². The predicted molar refractivity (Wildman–Crippen MR) is 67.3 cm³/mol. The van der Waals surface area contributed by atoms with E-state index in [0.717, 1.165) is 33.8 Å². The number of aromatic amines is 1. The number of fused-ring (bicyclic) bond motifs is 1. The largest absolute Gasteiger partial charge is 0.341 e. The molecule has 1 N–H and O–H groups in total. The maximum Gasteiger partial charge on any atom is 0.177 e. The van der Waals surface area contributed by atoms with E-state index < -0.39 is 0 Å². The zero-order valence-electron chi connectivity index (χ0n) is 9.04. The van der Waals surface area contributed by atoms with Gasteiger partial charge in [0.1, 0.15) is 5.82 Å². The molecule has 0 saturated heterocycles. The lowest BCUT2D eigenvalue weighted by Crippen LogP contribution is -2.00. The number of hydrogen-bond donors (Lipinski definition) is 1. The second kappa shape index (κ2) is 4.17. The third-order valence-corrected chi connectivity index (χ3v) is 3.74. The Bertz CT molecular complexity index is 500. The van der Waals surface area contributed by atoms with Gasteiger partial charge in [-0.05, 0) is 27.9 Å². The highest BCUT2D eigenvalue weighted by molar-refractivity contribution is 9.10. The fourth-order valence-corrected chi connectivity index (χ4v) is 2.84. The summed E-state index contributed by atoms with van der Waals surface area (Å²) in [7, 11) is 0. The summed E-state index contributed by atoms with van der Waals surface area (Å²) in [5.74, 6) is 1.91. The van der Waals surface area contributed by atoms with Crippen LogP contribution in [-0.2, 0) is 6.42 Å². The van der Waals surface area contributed by atoms with E-state index in [1.165, 1.54) is 25.7 Å². The van der Waals surface area contributed by atoms with Gasteiger partial charge in [0, 0.05) is 17.1 Å². The maximum atomic E-state index is 4.53. The fourth-order valence-electron chi connectivity index (χ4n) is 2.51. The second-order valence-electron chi connectivity index (χ2n) is 4.56. The Morgan fingerprint density at radius 2 is 2.19 bits per heavy atom. The average Bonchev–Trinajstić information content (AvgIpc) is 2.86. The summed E-state index contributed by atoms with van der Waals surface area (Å²) in [6.45, 7) is 0. The average molecular weight is 280 g/mol. The van der Waals surface area contributed by atoms with Crippen molar-refractivity contribution in [1.29, 1.82) is 0 Å². The topological polar surface area (TPSA) is 41.6 Å². The van der Waals surface area contributed by atoms with Crippen molar-refractivity contribution in [1.82, 2.24) is 15.0 Å². The van der Waals surface area contributed by atoms with Gasteiger partial charge in [0.25, 0.3) is 0 Å². The first-order valence-electron chi connectivity index (χ1n) is 5.81. The van der Waals surface area contributed by atoms with E-state index >= 15 is 0 Å². The number of aromatic nitrogens is 3. The highest BCUT2D eigenvalue weighted by Gasteiger charge is 2.17. The van der Waals surface area contributed by atoms with Crippen molar-refractivity contribution < 1.29 is 0 Å². The molecular weight excluding hydrogens is 266 g/mol. The molecule has 1 fully saturated rings. The molecule has 16 heavy (non-hydrogen) atoms. The van der Waals surface area contributed by atoms with Crippen LogP contribution in [0.25, 0.3) is 11.2 Å². The maximum absolute atomic E-state index is 4.53. The summed E-state index contributed by atoms with van der Waals surface area (Å²) in [6.07, 6.45) is 8.35. The van der Waals surface area contributed by atoms with Gasteiger partial charge in [-0.25, -0.2) is 9.97 Å². The van der Waals surface area contributed by atoms with Crippen molar-refractivity contribution in [2.24, 2.45) is 5.92 Å². The van der Waals surface area contributed by atoms with Gasteiger partial charge in [0.2, 0.25) is 0 Å². The Kier molecular flexibility index (Phi) is 2.67. The molecule has 1 aliphatic carbocycles. The Balaban J connectivity index is 1.86. The Morgan fingerprint density at radius 1 is 1.38 bits per heavy atom. The molecule has 0 amide bonds. The summed E-state index contributed by atoms with van der Waals surface area (Å²) < 4.78 is 0.996. The lowest BCUT2D eigenvalue weighted by atomic mass is 10.0. The SMILES string of the molecule is Brc1cnc2nc(CC3CCCC3)[nH]c2c1. The second-order valence-corrected chi connectivity index (χ2v) is 5.48. The van der Waals surface area contributed by atoms with Crippen molar-refractivity contribution in [2.75, 3.05) is 0 Å². The van der Waals surface area contributed by atoms with Crippen molar-refractivity contribution in [3.63, 3.8) is 0 Å². The number of nitrogens with zero attached hydrogens (tertiary/aromatic N) is 2. The number of rotatable bonds is 2. The van der Waals surface area contributed by atoms with Crippen LogP contribution in [0.5, 0.6) is 0 Å². The number of imidazole rings is 1. The highest BCUT2D eigenvalue weighted by atomic mass is 79.9. The quantitative estimate of drug-likeness (QED) is 0.915. The Hall–Kier alpha value is -0.900. The number of halogens is 1. The van der Waals surface area contributed by atoms with E-state index in [1.54, 1.807) is 6.20 Å². The molecule has 3 rings (SSSR count). The van der Waals surface area contributed by atoms with Gasteiger partial charge in [-0.1, -0.05) is 25.7 Å². The van der Waals surface area contributed by atoms with Crippen molar-refractivity contribution >= 4 is 27.1 Å². The van der Waals surface area contributed by atoms with E-state index in [1.807, 2.05) is 6.07 Å². The number of pyridine rings is 1. The van der Waals surface area contributed by atoms with Crippen LogP contribution in [0.15, 0.2) is 16.7 Å². The Morgan fingerprint density at radius 3 is 3.00 bits per heavy atom. The first kappa shape index (κ1) is 10.3. The molecule has 0 aromatic carbocycles. The predicted octanol–water partition coefficient (Wildman–Crippen LogP) is 3.45. The molecule has 0 aliphatic heterocycles. The minimum absolute atomic E-state index is 0.823.